The van der Waals surface area contributed by atoms with Crippen molar-refractivity contribution in [3.63, 3.8) is 0 Å². The lowest BCUT2D eigenvalue weighted by Gasteiger charge is -2.41. The maximum absolute atomic E-state index is 14.4. The summed E-state index contributed by atoms with van der Waals surface area (Å²) < 4.78 is 12.1. The molecule has 5 N–H and O–H groups in total. The topological polar surface area (TPSA) is 176 Å². The molecule has 0 aliphatic carbocycles. The van der Waals surface area contributed by atoms with E-state index < -0.39 is 48.3 Å². The summed E-state index contributed by atoms with van der Waals surface area (Å²) in [7, 11) is 8.52. The molecule has 9 atom stereocenters. The van der Waals surface area contributed by atoms with Crippen LogP contribution in [-0.4, -0.2) is 129 Å². The lowest BCUT2D eigenvalue weighted by Crippen LogP contribution is -2.59. The van der Waals surface area contributed by atoms with Gasteiger partial charge in [0.15, 0.2) is 0 Å². The Morgan fingerprint density at radius 2 is 1.47 bits per heavy atom. The van der Waals surface area contributed by atoms with Crippen LogP contribution in [0.25, 0.3) is 0 Å². The minimum atomic E-state index is -0.897. The van der Waals surface area contributed by atoms with Crippen molar-refractivity contribution in [3.05, 3.63) is 60.2 Å². The number of likely N-dealkylation sites (N-methyl/N-ethyl adjacent to an activating group) is 2. The van der Waals surface area contributed by atoms with Gasteiger partial charge in [0.1, 0.15) is 12.1 Å². The number of carbonyl (C=O) groups excluding carboxylic acids is 5. The zero-order valence-corrected chi connectivity index (χ0v) is 38.1. The molecule has 1 saturated heterocycles. The highest BCUT2D eigenvalue weighted by Crippen LogP contribution is 2.30. The molecular formula is C46H73N7O7. The van der Waals surface area contributed by atoms with E-state index in [1.165, 1.54) is 7.11 Å². The van der Waals surface area contributed by atoms with Gasteiger partial charge in [0, 0.05) is 45.6 Å². The second-order valence-electron chi connectivity index (χ2n) is 17.3. The van der Waals surface area contributed by atoms with Gasteiger partial charge in [-0.05, 0) is 74.5 Å². The lowest BCUT2D eigenvalue weighted by atomic mass is 9.89. The number of carbonyl (C=O) groups is 5. The van der Waals surface area contributed by atoms with Gasteiger partial charge in [-0.25, -0.2) is 0 Å². The first kappa shape index (κ1) is 49.8. The third-order valence-corrected chi connectivity index (χ3v) is 12.0. The van der Waals surface area contributed by atoms with Gasteiger partial charge >= 0.3 is 0 Å². The van der Waals surface area contributed by atoms with E-state index in [0.717, 1.165) is 18.4 Å². The van der Waals surface area contributed by atoms with Crippen LogP contribution in [0.15, 0.2) is 54.6 Å². The van der Waals surface area contributed by atoms with Gasteiger partial charge in [-0.1, -0.05) is 85.2 Å². The van der Waals surface area contributed by atoms with Crippen molar-refractivity contribution in [1.29, 1.82) is 0 Å². The summed E-state index contributed by atoms with van der Waals surface area (Å²) in [5, 5.41) is 8.91. The largest absolute Gasteiger partial charge is 0.399 e. The van der Waals surface area contributed by atoms with Crippen LogP contribution in [0.4, 0.5) is 11.4 Å². The molecule has 60 heavy (non-hydrogen) atoms. The Morgan fingerprint density at radius 3 is 2.00 bits per heavy atom. The molecule has 1 unspecified atom stereocenters. The Labute approximate surface area is 358 Å². The molecule has 0 radical (unpaired) electrons. The average Bonchev–Trinajstić information content (AvgIpc) is 3.69. The van der Waals surface area contributed by atoms with Crippen LogP contribution in [0.3, 0.4) is 0 Å². The second kappa shape index (κ2) is 23.5. The van der Waals surface area contributed by atoms with Crippen molar-refractivity contribution >= 4 is 40.9 Å². The van der Waals surface area contributed by atoms with E-state index in [4.69, 9.17) is 15.2 Å². The highest BCUT2D eigenvalue weighted by atomic mass is 16.5. The Morgan fingerprint density at radius 1 is 0.833 bits per heavy atom. The van der Waals surface area contributed by atoms with Gasteiger partial charge in [-0.2, -0.15) is 0 Å². The van der Waals surface area contributed by atoms with Crippen LogP contribution >= 0.6 is 0 Å². The number of anilines is 2. The minimum Gasteiger partial charge on any atom is -0.399 e. The second-order valence-corrected chi connectivity index (χ2v) is 17.3. The number of nitrogens with two attached hydrogens (primary N) is 1. The number of nitrogen functional groups attached to an aromatic ring is 1. The van der Waals surface area contributed by atoms with Crippen LogP contribution in [-0.2, 0) is 39.9 Å². The zero-order chi connectivity index (χ0) is 44.8. The van der Waals surface area contributed by atoms with Crippen LogP contribution in [0.5, 0.6) is 0 Å². The smallest absolute Gasteiger partial charge is 0.247 e. The van der Waals surface area contributed by atoms with Crippen molar-refractivity contribution in [2.24, 2.45) is 23.7 Å². The molecule has 0 aromatic heterocycles. The zero-order valence-electron chi connectivity index (χ0n) is 38.1. The van der Waals surface area contributed by atoms with E-state index in [-0.39, 0.29) is 60.1 Å². The van der Waals surface area contributed by atoms with Crippen LogP contribution < -0.4 is 21.7 Å². The number of amides is 5. The van der Waals surface area contributed by atoms with Gasteiger partial charge < -0.3 is 41.0 Å². The fourth-order valence-electron chi connectivity index (χ4n) is 8.57. The molecular weight excluding hydrogens is 763 g/mol. The molecule has 14 heteroatoms. The molecule has 2 aromatic carbocycles. The van der Waals surface area contributed by atoms with Gasteiger partial charge in [0.2, 0.25) is 29.5 Å². The molecule has 0 bridgehead atoms. The van der Waals surface area contributed by atoms with E-state index in [1.54, 1.807) is 55.1 Å². The molecule has 2 aromatic rings. The highest BCUT2D eigenvalue weighted by Gasteiger charge is 2.43. The quantitative estimate of drug-likeness (QED) is 0.124. The number of nitrogens with one attached hydrogen (secondary N) is 3. The van der Waals surface area contributed by atoms with E-state index in [2.05, 4.69) is 16.0 Å². The summed E-state index contributed by atoms with van der Waals surface area (Å²) in [6.07, 6.45) is 0.994. The number of methoxy groups -OCH3 is 2. The third-order valence-electron chi connectivity index (χ3n) is 12.0. The number of hydrogen-bond acceptors (Lipinski definition) is 9. The maximum atomic E-state index is 14.4. The number of likely N-dealkylation sites (tertiary alicyclic amines) is 1. The predicted molar refractivity (Wildman–Crippen MR) is 237 cm³/mol. The van der Waals surface area contributed by atoms with Crippen molar-refractivity contribution < 1.29 is 33.4 Å². The normalized spacial score (nSPS) is 18.2. The minimum absolute atomic E-state index is 0.00411. The van der Waals surface area contributed by atoms with Crippen LogP contribution in [0.1, 0.15) is 79.7 Å². The van der Waals surface area contributed by atoms with Gasteiger partial charge in [-0.3, -0.25) is 28.9 Å². The summed E-state index contributed by atoms with van der Waals surface area (Å²) in [6.45, 7) is 14.1. The van der Waals surface area contributed by atoms with Crippen molar-refractivity contribution in [3.8, 4) is 0 Å². The van der Waals surface area contributed by atoms with Crippen molar-refractivity contribution in [2.75, 3.05) is 53.0 Å². The molecule has 1 aliphatic heterocycles. The fraction of sp³-hybridized carbons (Fsp3) is 0.630. The van der Waals surface area contributed by atoms with Crippen LogP contribution in [0, 0.1) is 23.7 Å². The number of ether oxygens (including phenoxy) is 2. The lowest BCUT2D eigenvalue weighted by molar-refractivity contribution is -0.148. The molecule has 1 heterocycles. The molecule has 14 nitrogen and oxygen atoms in total. The highest BCUT2D eigenvalue weighted by molar-refractivity contribution is 5.98. The summed E-state index contributed by atoms with van der Waals surface area (Å²) in [5.74, 6) is -2.31. The van der Waals surface area contributed by atoms with Crippen molar-refractivity contribution in [2.45, 2.75) is 123 Å². The molecule has 334 valence electrons. The van der Waals surface area contributed by atoms with Crippen molar-refractivity contribution in [1.82, 2.24) is 25.3 Å². The van der Waals surface area contributed by atoms with Gasteiger partial charge in [0.25, 0.3) is 0 Å². The molecule has 5 amide bonds. The fourth-order valence-corrected chi connectivity index (χ4v) is 8.57. The number of nitrogens with zero attached hydrogens (tertiary/aromatic N) is 3. The summed E-state index contributed by atoms with van der Waals surface area (Å²) in [5.41, 5.74) is 7.83. The Hall–Kier alpha value is -4.53. The first-order chi connectivity index (χ1) is 28.4. The predicted octanol–water partition coefficient (Wildman–Crippen LogP) is 4.58. The summed E-state index contributed by atoms with van der Waals surface area (Å²) in [6, 6.07) is 13.3. The number of rotatable bonds is 22. The number of benzene rings is 2. The monoisotopic (exact) mass is 836 g/mol. The van der Waals surface area contributed by atoms with Crippen LogP contribution in [0.2, 0.25) is 0 Å². The van der Waals surface area contributed by atoms with E-state index in [9.17, 15) is 24.0 Å². The Balaban J connectivity index is 1.81. The first-order valence-corrected chi connectivity index (χ1v) is 21.5. The molecule has 3 rings (SSSR count). The molecule has 1 aliphatic rings. The van der Waals surface area contributed by atoms with E-state index in [1.807, 2.05) is 90.9 Å². The molecule has 1 fully saturated rings. The summed E-state index contributed by atoms with van der Waals surface area (Å²) in [4.78, 5) is 75.1. The van der Waals surface area contributed by atoms with E-state index >= 15 is 0 Å². The SMILES string of the molecule is CC[C@H](C)C([C@@H](CC(=O)N1CCC[C@H]1[C@H](OC)[C@@H](C)C(=O)N[C@@H](Cc1ccccc1)C(=O)Nc1ccc(N)cc1)OC)N(C)C(=O)[C@@H](NC(=O)[C@H](C(C)C)N(C)C)C(C)C. The Kier molecular flexibility index (Phi) is 19.5. The maximum Gasteiger partial charge on any atom is 0.247 e. The molecule has 0 spiro atoms. The average molecular weight is 836 g/mol. The van der Waals surface area contributed by atoms with E-state index in [0.29, 0.717) is 24.3 Å². The third kappa shape index (κ3) is 13.2. The molecule has 0 saturated carbocycles. The number of hydrogen-bond donors (Lipinski definition) is 4. The van der Waals surface area contributed by atoms with Gasteiger partial charge in [0.05, 0.1) is 42.7 Å². The standard InChI is InChI=1S/C46H73N7O7/c1-13-30(6)41(52(10)46(58)39(28(2)3)50-45(57)40(29(4)5)51(8)9)37(59-11)27-38(54)53-25-17-20-36(53)42(60-12)31(7)43(55)49-35(26-32-18-15-14-16-19-32)44(56)48-34-23-21-33(47)22-24-34/h14-16,18-19,21-24,28-31,35-37,39-42H,13,17,20,25-27,47H2,1-12H3,(H,48,56)(H,49,55)(H,50,57)/t30-,31+,35-,36-,37+,39-,40-,41?,42+/m0/s1. The first-order valence-electron chi connectivity index (χ1n) is 21.5. The summed E-state index contributed by atoms with van der Waals surface area (Å²) >= 11 is 0. The van der Waals surface area contributed by atoms with Gasteiger partial charge in [-0.15, -0.1) is 0 Å². The Bertz CT molecular complexity index is 1680.